The van der Waals surface area contributed by atoms with Crippen molar-refractivity contribution in [2.24, 2.45) is 0 Å². The van der Waals surface area contributed by atoms with Crippen LogP contribution in [-0.2, 0) is 19.6 Å². The molecule has 0 aliphatic rings. The van der Waals surface area contributed by atoms with E-state index < -0.39 is 0 Å². The summed E-state index contributed by atoms with van der Waals surface area (Å²) in [6.45, 7) is 2.63. The summed E-state index contributed by atoms with van der Waals surface area (Å²) >= 11 is 6.26. The van der Waals surface area contributed by atoms with Crippen molar-refractivity contribution in [3.05, 3.63) is 70.8 Å². The Morgan fingerprint density at radius 1 is 1.06 bits per heavy atom. The molecule has 0 saturated heterocycles. The number of aromatic nitrogens is 6. The van der Waals surface area contributed by atoms with Gasteiger partial charge in [0.15, 0.2) is 11.0 Å². The summed E-state index contributed by atoms with van der Waals surface area (Å²) in [6, 6.07) is 16.3. The quantitative estimate of drug-likeness (QED) is 0.372. The van der Waals surface area contributed by atoms with Gasteiger partial charge in [0.25, 0.3) is 0 Å². The lowest BCUT2D eigenvalue weighted by molar-refractivity contribution is 0.271. The van der Waals surface area contributed by atoms with Crippen molar-refractivity contribution in [2.45, 2.75) is 39.3 Å². The number of aromatic amines is 1. The molecular formula is C22H26ClN7O. The average Bonchev–Trinajstić information content (AvgIpc) is 3.41. The second kappa shape index (κ2) is 10.3. The van der Waals surface area contributed by atoms with Crippen LogP contribution in [0, 0.1) is 0 Å². The number of tetrazole rings is 1. The SMILES string of the molecule is CCCCc1nc(Cl)c(CO)n1Cc1ccc(-c2ccccc2-c2nnn[nH]2)cc1.N. The summed E-state index contributed by atoms with van der Waals surface area (Å²) < 4.78 is 2.03. The first kappa shape index (κ1) is 22.6. The molecule has 0 amide bonds. The monoisotopic (exact) mass is 439 g/mol. The first-order valence-electron chi connectivity index (χ1n) is 9.98. The number of benzene rings is 2. The van der Waals surface area contributed by atoms with Gasteiger partial charge in [-0.05, 0) is 33.5 Å². The van der Waals surface area contributed by atoms with E-state index in [-0.39, 0.29) is 12.8 Å². The van der Waals surface area contributed by atoms with E-state index in [4.69, 9.17) is 11.6 Å². The molecule has 0 aliphatic carbocycles. The molecule has 0 radical (unpaired) electrons. The molecule has 2 heterocycles. The molecule has 0 atom stereocenters. The van der Waals surface area contributed by atoms with Gasteiger partial charge >= 0.3 is 0 Å². The minimum atomic E-state index is -0.130. The molecule has 9 heteroatoms. The highest BCUT2D eigenvalue weighted by Crippen LogP contribution is 2.30. The molecule has 5 N–H and O–H groups in total. The van der Waals surface area contributed by atoms with Gasteiger partial charge in [0.05, 0.1) is 12.3 Å². The number of hydrogen-bond acceptors (Lipinski definition) is 6. The Labute approximate surface area is 185 Å². The predicted octanol–water partition coefficient (Wildman–Crippen LogP) is 4.43. The number of aliphatic hydroxyl groups is 1. The van der Waals surface area contributed by atoms with Crippen molar-refractivity contribution in [1.29, 1.82) is 0 Å². The van der Waals surface area contributed by atoms with Gasteiger partial charge in [0, 0.05) is 18.5 Å². The van der Waals surface area contributed by atoms with Crippen molar-refractivity contribution < 1.29 is 5.11 Å². The van der Waals surface area contributed by atoms with Crippen LogP contribution in [0.3, 0.4) is 0 Å². The molecule has 2 aromatic heterocycles. The number of rotatable bonds is 8. The van der Waals surface area contributed by atoms with E-state index >= 15 is 0 Å². The van der Waals surface area contributed by atoms with Crippen molar-refractivity contribution in [1.82, 2.24) is 36.3 Å². The van der Waals surface area contributed by atoms with Crippen molar-refractivity contribution >= 4 is 11.6 Å². The third-order valence-corrected chi connectivity index (χ3v) is 5.44. The minimum absolute atomic E-state index is 0. The highest BCUT2D eigenvalue weighted by atomic mass is 35.5. The number of aliphatic hydroxyl groups excluding tert-OH is 1. The van der Waals surface area contributed by atoms with Crippen LogP contribution in [0.15, 0.2) is 48.5 Å². The molecule has 31 heavy (non-hydrogen) atoms. The van der Waals surface area contributed by atoms with Crippen molar-refractivity contribution in [3.63, 3.8) is 0 Å². The molecule has 8 nitrogen and oxygen atoms in total. The number of H-pyrrole nitrogens is 1. The molecule has 0 saturated carbocycles. The highest BCUT2D eigenvalue weighted by Gasteiger charge is 2.15. The topological polar surface area (TPSA) is 128 Å². The maximum Gasteiger partial charge on any atom is 0.180 e. The third kappa shape index (κ3) is 4.82. The van der Waals surface area contributed by atoms with E-state index in [1.165, 1.54) is 0 Å². The fourth-order valence-corrected chi connectivity index (χ4v) is 3.81. The summed E-state index contributed by atoms with van der Waals surface area (Å²) in [5, 5.41) is 24.4. The van der Waals surface area contributed by atoms with Gasteiger partial charge < -0.3 is 15.8 Å². The number of aryl methyl sites for hydroxylation is 1. The maximum absolute atomic E-state index is 9.77. The Hall–Kier alpha value is -3.07. The molecular weight excluding hydrogens is 414 g/mol. The van der Waals surface area contributed by atoms with Crippen LogP contribution in [0.25, 0.3) is 22.5 Å². The lowest BCUT2D eigenvalue weighted by atomic mass is 9.98. The fourth-order valence-electron chi connectivity index (χ4n) is 3.56. The fraction of sp³-hybridized carbons (Fsp3) is 0.273. The molecule has 2 aromatic carbocycles. The number of imidazole rings is 1. The third-order valence-electron chi connectivity index (χ3n) is 5.14. The summed E-state index contributed by atoms with van der Waals surface area (Å²) in [7, 11) is 0. The Balaban J connectivity index is 0.00000272. The van der Waals surface area contributed by atoms with Gasteiger partial charge in [-0.2, -0.15) is 0 Å². The van der Waals surface area contributed by atoms with E-state index in [1.807, 2.05) is 22.8 Å². The summed E-state index contributed by atoms with van der Waals surface area (Å²) in [5.41, 5.74) is 4.84. The van der Waals surface area contributed by atoms with Crippen molar-refractivity contribution in [3.8, 4) is 22.5 Å². The van der Waals surface area contributed by atoms with Gasteiger partial charge in [-0.1, -0.05) is 73.5 Å². The molecule has 162 valence electrons. The molecule has 4 aromatic rings. The molecule has 0 bridgehead atoms. The Morgan fingerprint density at radius 2 is 1.81 bits per heavy atom. The van der Waals surface area contributed by atoms with Crippen LogP contribution in [-0.4, -0.2) is 35.3 Å². The number of halogens is 1. The van der Waals surface area contributed by atoms with Crippen LogP contribution >= 0.6 is 11.6 Å². The maximum atomic E-state index is 9.77. The molecule has 4 rings (SSSR count). The normalized spacial score (nSPS) is 10.8. The second-order valence-corrected chi connectivity index (χ2v) is 7.46. The van der Waals surface area contributed by atoms with Crippen LogP contribution in [0.1, 0.15) is 36.8 Å². The van der Waals surface area contributed by atoms with E-state index in [2.05, 4.69) is 62.9 Å². The zero-order valence-corrected chi connectivity index (χ0v) is 18.2. The van der Waals surface area contributed by atoms with Gasteiger partial charge in [0.2, 0.25) is 0 Å². The number of unbranched alkanes of at least 4 members (excludes halogenated alkanes) is 1. The van der Waals surface area contributed by atoms with Crippen LogP contribution in [0.2, 0.25) is 5.15 Å². The number of nitrogens with one attached hydrogen (secondary N) is 1. The molecule has 0 spiro atoms. The summed E-state index contributed by atoms with van der Waals surface area (Å²) in [6.07, 6.45) is 2.95. The van der Waals surface area contributed by atoms with Gasteiger partial charge in [-0.15, -0.1) is 5.10 Å². The highest BCUT2D eigenvalue weighted by molar-refractivity contribution is 6.30. The van der Waals surface area contributed by atoms with Gasteiger partial charge in [-0.25, -0.2) is 10.1 Å². The Morgan fingerprint density at radius 3 is 2.45 bits per heavy atom. The summed E-state index contributed by atoms with van der Waals surface area (Å²) in [5.74, 6) is 1.55. The van der Waals surface area contributed by atoms with Gasteiger partial charge in [-0.3, -0.25) is 0 Å². The zero-order valence-electron chi connectivity index (χ0n) is 17.4. The lowest BCUT2D eigenvalue weighted by Crippen LogP contribution is -2.09. The molecule has 0 unspecified atom stereocenters. The number of nitrogens with zero attached hydrogens (tertiary/aromatic N) is 5. The first-order chi connectivity index (χ1) is 14.7. The smallest absolute Gasteiger partial charge is 0.180 e. The largest absolute Gasteiger partial charge is 0.390 e. The Kier molecular flexibility index (Phi) is 7.51. The second-order valence-electron chi connectivity index (χ2n) is 7.11. The molecule has 0 fully saturated rings. The van der Waals surface area contributed by atoms with E-state index in [1.54, 1.807) is 0 Å². The predicted molar refractivity (Wildman–Crippen MR) is 121 cm³/mol. The van der Waals surface area contributed by atoms with Crippen LogP contribution in [0.4, 0.5) is 0 Å². The summed E-state index contributed by atoms with van der Waals surface area (Å²) in [4.78, 5) is 4.47. The van der Waals surface area contributed by atoms with E-state index in [0.29, 0.717) is 23.2 Å². The van der Waals surface area contributed by atoms with Gasteiger partial charge in [0.1, 0.15) is 5.82 Å². The first-order valence-corrected chi connectivity index (χ1v) is 10.4. The van der Waals surface area contributed by atoms with Crippen LogP contribution in [0.5, 0.6) is 0 Å². The zero-order chi connectivity index (χ0) is 20.9. The van der Waals surface area contributed by atoms with Crippen molar-refractivity contribution in [2.75, 3.05) is 0 Å². The lowest BCUT2D eigenvalue weighted by Gasteiger charge is -2.12. The van der Waals surface area contributed by atoms with E-state index in [0.717, 1.165) is 47.3 Å². The average molecular weight is 440 g/mol. The van der Waals surface area contributed by atoms with Crippen LogP contribution < -0.4 is 6.15 Å². The molecule has 0 aliphatic heterocycles. The number of hydrogen-bond donors (Lipinski definition) is 3. The standard InChI is InChI=1S/C22H23ClN6O.H3N/c1-2-3-8-20-24-21(23)19(14-30)29(20)13-15-9-11-16(12-10-15)17-6-4-5-7-18(17)22-25-27-28-26-22;/h4-7,9-12,30H,2-3,8,13-14H2,1H3,(H,25,26,27,28);1H3. The minimum Gasteiger partial charge on any atom is -0.390 e. The Bertz CT molecular complexity index is 1110. The van der Waals surface area contributed by atoms with E-state index in [9.17, 15) is 5.11 Å².